The van der Waals surface area contributed by atoms with Crippen LogP contribution in [0.4, 0.5) is 0 Å². The highest BCUT2D eigenvalue weighted by atomic mass is 32.2. The molecule has 5 atom stereocenters. The highest BCUT2D eigenvalue weighted by Crippen LogP contribution is 2.36. The van der Waals surface area contributed by atoms with Crippen molar-refractivity contribution in [3.05, 3.63) is 89.5 Å². The molecule has 0 amide bonds. The Morgan fingerprint density at radius 3 is 1.75 bits per heavy atom. The van der Waals surface area contributed by atoms with Crippen LogP contribution in [0.25, 0.3) is 0 Å². The third-order valence-electron chi connectivity index (χ3n) is 6.23. The van der Waals surface area contributed by atoms with E-state index >= 15 is 0 Å². The number of hydrogen-bond acceptors (Lipinski definition) is 7. The van der Waals surface area contributed by atoms with Crippen molar-refractivity contribution in [2.24, 2.45) is 0 Å². The SMILES string of the molecule is COc1ccc(CO[C@H]2[C@@H](O)[C@H](OCc3ccc(OC)cc3)[C@@H](Sc3ccc(C)cc3)O[C@H]2C)cc1. The van der Waals surface area contributed by atoms with E-state index in [0.717, 1.165) is 27.5 Å². The molecule has 1 aliphatic heterocycles. The Bertz CT molecular complexity index is 1070. The number of ether oxygens (including phenoxy) is 5. The third-order valence-corrected chi connectivity index (χ3v) is 7.39. The van der Waals surface area contributed by atoms with Crippen LogP contribution >= 0.6 is 11.8 Å². The van der Waals surface area contributed by atoms with Gasteiger partial charge in [-0.2, -0.15) is 0 Å². The molecule has 0 spiro atoms. The van der Waals surface area contributed by atoms with Crippen LogP contribution in [0.15, 0.2) is 77.7 Å². The molecule has 0 aliphatic carbocycles. The number of aliphatic hydroxyl groups is 1. The number of aliphatic hydroxyl groups excluding tert-OH is 1. The van der Waals surface area contributed by atoms with Crippen LogP contribution in [0, 0.1) is 6.92 Å². The molecule has 6 nitrogen and oxygen atoms in total. The number of thioether (sulfide) groups is 1. The molecule has 0 unspecified atom stereocenters. The van der Waals surface area contributed by atoms with Gasteiger partial charge in [0.05, 0.1) is 33.5 Å². The lowest BCUT2D eigenvalue weighted by atomic mass is 10.00. The minimum absolute atomic E-state index is 0.318. The van der Waals surface area contributed by atoms with E-state index < -0.39 is 23.7 Å². The summed E-state index contributed by atoms with van der Waals surface area (Å²) in [6, 6.07) is 23.7. The molecule has 1 fully saturated rings. The molecule has 3 aromatic carbocycles. The summed E-state index contributed by atoms with van der Waals surface area (Å²) in [6.45, 7) is 4.67. The molecule has 192 valence electrons. The molecule has 1 saturated heterocycles. The normalized spacial score (nSPS) is 23.9. The molecule has 0 saturated carbocycles. The van der Waals surface area contributed by atoms with Crippen LogP contribution in [-0.4, -0.2) is 49.2 Å². The van der Waals surface area contributed by atoms with Crippen LogP contribution in [-0.2, 0) is 27.4 Å². The minimum atomic E-state index is -0.867. The lowest BCUT2D eigenvalue weighted by Crippen LogP contribution is -2.57. The van der Waals surface area contributed by atoms with E-state index in [1.165, 1.54) is 5.56 Å². The molecule has 3 aromatic rings. The monoisotopic (exact) mass is 510 g/mol. The fraction of sp³-hybridized carbons (Fsp3) is 0.379. The molecule has 1 aliphatic rings. The second-order valence-corrected chi connectivity index (χ2v) is 10.1. The van der Waals surface area contributed by atoms with Gasteiger partial charge in [-0.15, -0.1) is 0 Å². The average Bonchev–Trinajstić information content (AvgIpc) is 2.90. The smallest absolute Gasteiger partial charge is 0.136 e. The zero-order chi connectivity index (χ0) is 25.5. The maximum Gasteiger partial charge on any atom is 0.136 e. The third kappa shape index (κ3) is 6.81. The van der Waals surface area contributed by atoms with E-state index in [4.69, 9.17) is 23.7 Å². The number of rotatable bonds is 10. The van der Waals surface area contributed by atoms with Gasteiger partial charge in [-0.05, 0) is 61.4 Å². The first-order chi connectivity index (χ1) is 17.5. The van der Waals surface area contributed by atoms with Gasteiger partial charge in [0, 0.05) is 4.90 Å². The number of methoxy groups -OCH3 is 2. The Morgan fingerprint density at radius 1 is 0.750 bits per heavy atom. The Labute approximate surface area is 217 Å². The van der Waals surface area contributed by atoms with Crippen LogP contribution < -0.4 is 9.47 Å². The predicted octanol–water partition coefficient (Wildman–Crippen LogP) is 5.38. The summed E-state index contributed by atoms with van der Waals surface area (Å²) < 4.78 is 29.3. The molecule has 36 heavy (non-hydrogen) atoms. The zero-order valence-corrected chi connectivity index (χ0v) is 21.9. The summed E-state index contributed by atoms with van der Waals surface area (Å²) in [5.74, 6) is 1.57. The van der Waals surface area contributed by atoms with E-state index in [1.807, 2.05) is 55.5 Å². The van der Waals surface area contributed by atoms with Crippen molar-refractivity contribution >= 4 is 11.8 Å². The first kappa shape index (κ1) is 26.5. The highest BCUT2D eigenvalue weighted by molar-refractivity contribution is 7.99. The molecule has 0 radical (unpaired) electrons. The van der Waals surface area contributed by atoms with Gasteiger partial charge in [-0.25, -0.2) is 0 Å². The second-order valence-electron chi connectivity index (χ2n) is 8.88. The maximum absolute atomic E-state index is 11.4. The quantitative estimate of drug-likeness (QED) is 0.393. The van der Waals surface area contributed by atoms with Crippen molar-refractivity contribution in [1.29, 1.82) is 0 Å². The van der Waals surface area contributed by atoms with Crippen LogP contribution in [0.5, 0.6) is 11.5 Å². The second kappa shape index (κ2) is 12.6. The van der Waals surface area contributed by atoms with E-state index in [2.05, 4.69) is 31.2 Å². The van der Waals surface area contributed by atoms with Crippen LogP contribution in [0.1, 0.15) is 23.6 Å². The summed E-state index contributed by atoms with van der Waals surface area (Å²) in [4.78, 5) is 1.06. The molecule has 7 heteroatoms. The fourth-order valence-electron chi connectivity index (χ4n) is 4.08. The van der Waals surface area contributed by atoms with Gasteiger partial charge in [0.25, 0.3) is 0 Å². The summed E-state index contributed by atoms with van der Waals surface area (Å²) in [5.41, 5.74) is 2.77. The van der Waals surface area contributed by atoms with Gasteiger partial charge in [0.1, 0.15) is 35.2 Å². The van der Waals surface area contributed by atoms with E-state index in [9.17, 15) is 5.11 Å². The van der Waals surface area contributed by atoms with E-state index in [0.29, 0.717) is 13.2 Å². The van der Waals surface area contributed by atoms with Crippen molar-refractivity contribution in [2.45, 2.75) is 61.8 Å². The fourth-order valence-corrected chi connectivity index (χ4v) is 5.24. The minimum Gasteiger partial charge on any atom is -0.497 e. The zero-order valence-electron chi connectivity index (χ0n) is 21.1. The summed E-state index contributed by atoms with van der Waals surface area (Å²) in [5, 5.41) is 11.4. The predicted molar refractivity (Wildman–Crippen MR) is 141 cm³/mol. The first-order valence-corrected chi connectivity index (χ1v) is 12.9. The van der Waals surface area contributed by atoms with Crippen molar-refractivity contribution in [3.8, 4) is 11.5 Å². The van der Waals surface area contributed by atoms with Crippen molar-refractivity contribution in [1.82, 2.24) is 0 Å². The molecule has 0 bridgehead atoms. The largest absolute Gasteiger partial charge is 0.497 e. The highest BCUT2D eigenvalue weighted by Gasteiger charge is 2.45. The van der Waals surface area contributed by atoms with Crippen molar-refractivity contribution < 1.29 is 28.8 Å². The summed E-state index contributed by atoms with van der Waals surface area (Å²) in [6.07, 6.45) is -2.31. The average molecular weight is 511 g/mol. The van der Waals surface area contributed by atoms with Crippen LogP contribution in [0.2, 0.25) is 0 Å². The molecular formula is C29H34O6S. The number of aryl methyl sites for hydroxylation is 1. The lowest BCUT2D eigenvalue weighted by molar-refractivity contribution is -0.226. The van der Waals surface area contributed by atoms with Gasteiger partial charge in [0.2, 0.25) is 0 Å². The Morgan fingerprint density at radius 2 is 1.25 bits per heavy atom. The molecule has 1 heterocycles. The van der Waals surface area contributed by atoms with Gasteiger partial charge in [-0.3, -0.25) is 0 Å². The maximum atomic E-state index is 11.4. The topological polar surface area (TPSA) is 66.4 Å². The first-order valence-electron chi connectivity index (χ1n) is 12.0. The number of benzene rings is 3. The van der Waals surface area contributed by atoms with Gasteiger partial charge >= 0.3 is 0 Å². The summed E-state index contributed by atoms with van der Waals surface area (Å²) >= 11 is 1.55. The Balaban J connectivity index is 1.47. The van der Waals surface area contributed by atoms with Crippen LogP contribution in [0.3, 0.4) is 0 Å². The van der Waals surface area contributed by atoms with Crippen molar-refractivity contribution in [2.75, 3.05) is 14.2 Å². The van der Waals surface area contributed by atoms with E-state index in [-0.39, 0.29) is 6.10 Å². The van der Waals surface area contributed by atoms with Gasteiger partial charge in [-0.1, -0.05) is 53.7 Å². The van der Waals surface area contributed by atoms with Crippen molar-refractivity contribution in [3.63, 3.8) is 0 Å². The Kier molecular flexibility index (Phi) is 9.29. The molecular weight excluding hydrogens is 476 g/mol. The molecule has 1 N–H and O–H groups in total. The Hall–Kier alpha value is -2.55. The molecule has 4 rings (SSSR count). The van der Waals surface area contributed by atoms with Gasteiger partial charge < -0.3 is 28.8 Å². The molecule has 0 aromatic heterocycles. The van der Waals surface area contributed by atoms with Gasteiger partial charge in [0.15, 0.2) is 0 Å². The summed E-state index contributed by atoms with van der Waals surface area (Å²) in [7, 11) is 3.28. The van der Waals surface area contributed by atoms with E-state index in [1.54, 1.807) is 26.0 Å². The number of hydrogen-bond donors (Lipinski definition) is 1. The standard InChI is InChI=1S/C29H34O6S/c1-19-5-15-25(16-6-19)36-29-28(34-18-22-9-13-24(32-4)14-10-22)26(30)27(20(2)35-29)33-17-21-7-11-23(31-3)12-8-21/h5-16,20,26-30H,17-18H2,1-4H3/t20-,26+,27+,28-,29+/m0/s1. The lowest BCUT2D eigenvalue weighted by Gasteiger charge is -2.43.